The van der Waals surface area contributed by atoms with E-state index in [0.717, 1.165) is 33.9 Å². The lowest BCUT2D eigenvalue weighted by Crippen LogP contribution is -2.18. The van der Waals surface area contributed by atoms with E-state index in [9.17, 15) is 0 Å². The highest BCUT2D eigenvalue weighted by molar-refractivity contribution is 5.80. The number of aromatic nitrogens is 1. The Morgan fingerprint density at radius 3 is 1.75 bits per heavy atom. The lowest BCUT2D eigenvalue weighted by molar-refractivity contribution is 0.397. The fraction of sp³-hybridized carbons (Fsp3) is 0.281. The van der Waals surface area contributed by atoms with E-state index in [4.69, 9.17) is 14.5 Å². The molecular weight excluding hydrogens is 444 g/mol. The van der Waals surface area contributed by atoms with E-state index in [-0.39, 0.29) is 6.04 Å². The summed E-state index contributed by atoms with van der Waals surface area (Å²) < 4.78 is 11.6. The van der Waals surface area contributed by atoms with Crippen LogP contribution in [0.4, 0.5) is 5.69 Å². The molecule has 36 heavy (non-hydrogen) atoms. The lowest BCUT2D eigenvalue weighted by Gasteiger charge is -2.28. The third-order valence-electron chi connectivity index (χ3n) is 6.61. The van der Waals surface area contributed by atoms with Crippen LogP contribution in [0.2, 0.25) is 0 Å². The van der Waals surface area contributed by atoms with Gasteiger partial charge in [-0.05, 0) is 58.4 Å². The molecule has 1 heterocycles. The summed E-state index contributed by atoms with van der Waals surface area (Å²) in [4.78, 5) is 4.80. The minimum absolute atomic E-state index is 0.186. The molecule has 1 N–H and O–H groups in total. The van der Waals surface area contributed by atoms with Crippen LogP contribution in [-0.2, 0) is 0 Å². The molecule has 1 unspecified atom stereocenters. The van der Waals surface area contributed by atoms with Gasteiger partial charge in [0, 0.05) is 11.9 Å². The largest absolute Gasteiger partial charge is 0.496 e. The first-order valence-electron chi connectivity index (χ1n) is 12.6. The number of nitrogens with one attached hydrogen (secondary N) is 1. The van der Waals surface area contributed by atoms with E-state index >= 15 is 0 Å². The maximum absolute atomic E-state index is 5.79. The topological polar surface area (TPSA) is 43.4 Å². The van der Waals surface area contributed by atoms with Crippen molar-refractivity contribution in [3.05, 3.63) is 107 Å². The van der Waals surface area contributed by atoms with Crippen LogP contribution >= 0.6 is 0 Å². The number of rotatable bonds is 9. The van der Waals surface area contributed by atoms with Gasteiger partial charge >= 0.3 is 0 Å². The highest BCUT2D eigenvalue weighted by Gasteiger charge is 2.25. The molecule has 1 aromatic heterocycles. The molecule has 4 heteroatoms. The van der Waals surface area contributed by atoms with Crippen LogP contribution in [0, 0.1) is 0 Å². The van der Waals surface area contributed by atoms with Crippen LogP contribution in [0.15, 0.2) is 85.1 Å². The van der Waals surface area contributed by atoms with Crippen LogP contribution in [0.3, 0.4) is 0 Å². The van der Waals surface area contributed by atoms with Crippen LogP contribution in [0.25, 0.3) is 11.1 Å². The first-order valence-corrected chi connectivity index (χ1v) is 12.6. The van der Waals surface area contributed by atoms with E-state index < -0.39 is 0 Å². The summed E-state index contributed by atoms with van der Waals surface area (Å²) >= 11 is 0. The average molecular weight is 481 g/mol. The zero-order valence-electron chi connectivity index (χ0n) is 22.1. The van der Waals surface area contributed by atoms with Crippen LogP contribution in [0.1, 0.15) is 68.0 Å². The number of pyridine rings is 1. The highest BCUT2D eigenvalue weighted by Crippen LogP contribution is 2.44. The van der Waals surface area contributed by atoms with Crippen molar-refractivity contribution in [3.8, 4) is 22.6 Å². The molecule has 0 radical (unpaired) electrons. The number of anilines is 1. The van der Waals surface area contributed by atoms with Crippen molar-refractivity contribution in [2.75, 3.05) is 19.5 Å². The van der Waals surface area contributed by atoms with Gasteiger partial charge in [-0.15, -0.1) is 0 Å². The van der Waals surface area contributed by atoms with Crippen molar-refractivity contribution in [1.82, 2.24) is 4.98 Å². The third-order valence-corrected chi connectivity index (χ3v) is 6.61. The van der Waals surface area contributed by atoms with E-state index in [2.05, 4.69) is 81.5 Å². The normalized spacial score (nSPS) is 12.0. The van der Waals surface area contributed by atoms with Crippen molar-refractivity contribution in [2.24, 2.45) is 0 Å². The molecule has 0 saturated heterocycles. The van der Waals surface area contributed by atoms with E-state index in [1.165, 1.54) is 16.8 Å². The van der Waals surface area contributed by atoms with Gasteiger partial charge in [-0.2, -0.15) is 0 Å². The Balaban J connectivity index is 1.97. The molecule has 0 saturated carbocycles. The zero-order chi connectivity index (χ0) is 25.7. The minimum Gasteiger partial charge on any atom is -0.496 e. The predicted molar refractivity (Wildman–Crippen MR) is 149 cm³/mol. The van der Waals surface area contributed by atoms with Crippen molar-refractivity contribution in [2.45, 2.75) is 45.6 Å². The summed E-state index contributed by atoms with van der Waals surface area (Å²) in [5.74, 6) is 2.29. The van der Waals surface area contributed by atoms with Gasteiger partial charge in [0.05, 0.1) is 31.5 Å². The SMILES string of the molecule is COc1cccc(OC)c1-c1ccccc1C(Nc1c(C(C)C)cccc1C(C)C)c1ccccn1. The van der Waals surface area contributed by atoms with Gasteiger partial charge < -0.3 is 14.8 Å². The van der Waals surface area contributed by atoms with Gasteiger partial charge in [-0.3, -0.25) is 4.98 Å². The van der Waals surface area contributed by atoms with Gasteiger partial charge in [0.2, 0.25) is 0 Å². The van der Waals surface area contributed by atoms with Crippen LogP contribution in [-0.4, -0.2) is 19.2 Å². The number of hydrogen-bond donors (Lipinski definition) is 1. The van der Waals surface area contributed by atoms with E-state index in [1.807, 2.05) is 36.5 Å². The van der Waals surface area contributed by atoms with Gasteiger partial charge in [0.25, 0.3) is 0 Å². The molecule has 4 aromatic rings. The maximum Gasteiger partial charge on any atom is 0.130 e. The fourth-order valence-corrected chi connectivity index (χ4v) is 4.81. The fourth-order valence-electron chi connectivity index (χ4n) is 4.81. The summed E-state index contributed by atoms with van der Waals surface area (Å²) in [5.41, 5.74) is 7.81. The average Bonchev–Trinajstić information content (AvgIpc) is 2.91. The van der Waals surface area contributed by atoms with Crippen LogP contribution < -0.4 is 14.8 Å². The first-order chi connectivity index (χ1) is 17.5. The Morgan fingerprint density at radius 1 is 0.639 bits per heavy atom. The number of nitrogens with zero attached hydrogens (tertiary/aromatic N) is 1. The Bertz CT molecular complexity index is 1250. The molecule has 0 fully saturated rings. The van der Waals surface area contributed by atoms with E-state index in [0.29, 0.717) is 11.8 Å². The second-order valence-electron chi connectivity index (χ2n) is 9.58. The molecule has 186 valence electrons. The number of methoxy groups -OCH3 is 2. The Labute approximate surface area is 215 Å². The standard InChI is InChI=1S/C32H36N2O2/c1-21(2)23-15-11-16-24(22(3)4)31(23)34-32(27-17-9-10-20-33-27)26-14-8-7-13-25(26)30-28(35-5)18-12-19-29(30)36-6/h7-22,32,34H,1-6H3. The molecule has 0 aliphatic carbocycles. The van der Waals surface area contributed by atoms with Gasteiger partial charge in [-0.1, -0.05) is 82.3 Å². The number of benzene rings is 3. The lowest BCUT2D eigenvalue weighted by atomic mass is 9.89. The number of para-hydroxylation sites is 1. The first kappa shape index (κ1) is 25.3. The van der Waals surface area contributed by atoms with E-state index in [1.54, 1.807) is 14.2 Å². The maximum atomic E-state index is 5.79. The van der Waals surface area contributed by atoms with Gasteiger partial charge in [-0.25, -0.2) is 0 Å². The van der Waals surface area contributed by atoms with Crippen molar-refractivity contribution in [1.29, 1.82) is 0 Å². The molecule has 0 spiro atoms. The molecule has 1 atom stereocenters. The number of ether oxygens (including phenoxy) is 2. The molecule has 4 rings (SSSR count). The molecule has 0 amide bonds. The predicted octanol–water partition coefficient (Wildman–Crippen LogP) is 8.21. The summed E-state index contributed by atoms with van der Waals surface area (Å²) in [5, 5.41) is 3.95. The Kier molecular flexibility index (Phi) is 7.94. The molecule has 4 nitrogen and oxygen atoms in total. The summed E-state index contributed by atoms with van der Waals surface area (Å²) in [6.07, 6.45) is 1.86. The zero-order valence-corrected chi connectivity index (χ0v) is 22.1. The minimum atomic E-state index is -0.186. The Morgan fingerprint density at radius 2 is 1.19 bits per heavy atom. The molecule has 0 bridgehead atoms. The summed E-state index contributed by atoms with van der Waals surface area (Å²) in [6.45, 7) is 8.98. The van der Waals surface area contributed by atoms with Crippen molar-refractivity contribution >= 4 is 5.69 Å². The summed E-state index contributed by atoms with van der Waals surface area (Å²) in [7, 11) is 3.40. The smallest absolute Gasteiger partial charge is 0.130 e. The quantitative estimate of drug-likeness (QED) is 0.262. The van der Waals surface area contributed by atoms with Gasteiger partial charge in [0.1, 0.15) is 11.5 Å². The van der Waals surface area contributed by atoms with Crippen molar-refractivity contribution < 1.29 is 9.47 Å². The highest BCUT2D eigenvalue weighted by atomic mass is 16.5. The third kappa shape index (κ3) is 5.08. The second kappa shape index (κ2) is 11.3. The summed E-state index contributed by atoms with van der Waals surface area (Å²) in [6, 6.07) is 26.8. The number of hydrogen-bond acceptors (Lipinski definition) is 4. The Hall–Kier alpha value is -3.79. The molecule has 0 aliphatic rings. The van der Waals surface area contributed by atoms with Gasteiger partial charge in [0.15, 0.2) is 0 Å². The molecule has 0 aliphatic heterocycles. The second-order valence-corrected chi connectivity index (χ2v) is 9.58. The van der Waals surface area contributed by atoms with Crippen molar-refractivity contribution in [3.63, 3.8) is 0 Å². The molecular formula is C32H36N2O2. The van der Waals surface area contributed by atoms with Crippen LogP contribution in [0.5, 0.6) is 11.5 Å². The molecule has 3 aromatic carbocycles. The monoisotopic (exact) mass is 480 g/mol.